The van der Waals surface area contributed by atoms with Crippen molar-refractivity contribution >= 4 is 27.5 Å². The van der Waals surface area contributed by atoms with E-state index in [1.165, 1.54) is 21.3 Å². The fraction of sp³-hybridized carbons (Fsp3) is 0.500. The molecule has 0 heterocycles. The number of nitrogens with one attached hydrogen (secondary N) is 1. The number of carbonyl (C=O) groups is 2. The highest BCUT2D eigenvalue weighted by Gasteiger charge is 2.28. The second kappa shape index (κ2) is 13.6. The first kappa shape index (κ1) is 29.4. The number of anilines is 1. The number of benzene rings is 2. The van der Waals surface area contributed by atoms with E-state index in [0.29, 0.717) is 23.6 Å². The minimum atomic E-state index is -3.59. The molecule has 2 aromatic carbocycles. The minimum Gasteiger partial charge on any atom is -0.494 e. The van der Waals surface area contributed by atoms with Gasteiger partial charge in [-0.05, 0) is 75.1 Å². The molecular formula is C28H38FN3O5S. The van der Waals surface area contributed by atoms with E-state index in [1.807, 2.05) is 6.92 Å². The predicted molar refractivity (Wildman–Crippen MR) is 146 cm³/mol. The standard InChI is InChI=1S/C28H38FN3O5S/c1-4-37-26-17-15-25(16-18-26)32(38(3,35)36)19-7-10-27(33)31(20-22-11-13-23(29)14-12-22)21(2)28(34)30-24-8-5-6-9-24/h11-18,21,24H,4-10,19-20H2,1-3H3,(H,30,34)/t21-/m0/s1. The van der Waals surface area contributed by atoms with Crippen molar-refractivity contribution in [3.8, 4) is 5.75 Å². The molecule has 1 N–H and O–H groups in total. The molecular weight excluding hydrogens is 509 g/mol. The first-order valence-electron chi connectivity index (χ1n) is 13.1. The largest absolute Gasteiger partial charge is 0.494 e. The van der Waals surface area contributed by atoms with Crippen LogP contribution in [0.5, 0.6) is 5.75 Å². The van der Waals surface area contributed by atoms with Crippen LogP contribution in [0.4, 0.5) is 10.1 Å². The fourth-order valence-corrected chi connectivity index (χ4v) is 5.61. The number of hydrogen-bond acceptors (Lipinski definition) is 5. The van der Waals surface area contributed by atoms with Gasteiger partial charge in [-0.25, -0.2) is 12.8 Å². The summed E-state index contributed by atoms with van der Waals surface area (Å²) < 4.78 is 45.1. The van der Waals surface area contributed by atoms with Gasteiger partial charge < -0.3 is 15.0 Å². The van der Waals surface area contributed by atoms with Gasteiger partial charge in [0.15, 0.2) is 0 Å². The van der Waals surface area contributed by atoms with Crippen LogP contribution in [0.15, 0.2) is 48.5 Å². The van der Waals surface area contributed by atoms with Gasteiger partial charge in [0.25, 0.3) is 0 Å². The number of sulfonamides is 1. The normalized spacial score (nSPS) is 14.6. The van der Waals surface area contributed by atoms with Crippen molar-refractivity contribution in [2.45, 2.75) is 71.0 Å². The van der Waals surface area contributed by atoms with E-state index < -0.39 is 16.1 Å². The van der Waals surface area contributed by atoms with Crippen LogP contribution >= 0.6 is 0 Å². The number of halogens is 1. The highest BCUT2D eigenvalue weighted by atomic mass is 32.2. The van der Waals surface area contributed by atoms with E-state index >= 15 is 0 Å². The maximum atomic E-state index is 13.4. The van der Waals surface area contributed by atoms with Crippen LogP contribution in [-0.4, -0.2) is 56.6 Å². The van der Waals surface area contributed by atoms with Crippen LogP contribution in [0.3, 0.4) is 0 Å². The molecule has 1 saturated carbocycles. The third-order valence-corrected chi connectivity index (χ3v) is 7.92. The Balaban J connectivity index is 1.69. The predicted octanol–water partition coefficient (Wildman–Crippen LogP) is 4.25. The van der Waals surface area contributed by atoms with Gasteiger partial charge >= 0.3 is 0 Å². The summed E-state index contributed by atoms with van der Waals surface area (Å²) in [6.07, 6.45) is 5.43. The molecule has 10 heteroatoms. The Bertz CT molecular complexity index is 1170. The zero-order valence-corrected chi connectivity index (χ0v) is 23.2. The molecule has 0 unspecified atom stereocenters. The summed E-state index contributed by atoms with van der Waals surface area (Å²) in [6, 6.07) is 12.0. The fourth-order valence-electron chi connectivity index (χ4n) is 4.64. The SMILES string of the molecule is CCOc1ccc(N(CCCC(=O)N(Cc2ccc(F)cc2)[C@@H](C)C(=O)NC2CCCC2)S(C)(=O)=O)cc1. The molecule has 0 aromatic heterocycles. The highest BCUT2D eigenvalue weighted by molar-refractivity contribution is 7.92. The third-order valence-electron chi connectivity index (χ3n) is 6.72. The van der Waals surface area contributed by atoms with Crippen molar-refractivity contribution in [3.05, 3.63) is 59.9 Å². The molecule has 2 aromatic rings. The second-order valence-corrected chi connectivity index (χ2v) is 11.6. The van der Waals surface area contributed by atoms with Crippen LogP contribution in [0, 0.1) is 5.82 Å². The van der Waals surface area contributed by atoms with Crippen molar-refractivity contribution in [1.29, 1.82) is 0 Å². The Morgan fingerprint density at radius 1 is 1.08 bits per heavy atom. The number of rotatable bonds is 13. The minimum absolute atomic E-state index is 0.0469. The lowest BCUT2D eigenvalue weighted by atomic mass is 10.1. The zero-order valence-electron chi connectivity index (χ0n) is 22.4. The van der Waals surface area contributed by atoms with E-state index in [9.17, 15) is 22.4 Å². The van der Waals surface area contributed by atoms with Gasteiger partial charge in [0.2, 0.25) is 21.8 Å². The van der Waals surface area contributed by atoms with Gasteiger partial charge in [0.05, 0.1) is 18.6 Å². The Labute approximate surface area is 225 Å². The van der Waals surface area contributed by atoms with Crippen molar-refractivity contribution in [2.75, 3.05) is 23.7 Å². The average Bonchev–Trinajstić information content (AvgIpc) is 3.39. The summed E-state index contributed by atoms with van der Waals surface area (Å²) in [4.78, 5) is 27.9. The third kappa shape index (κ3) is 8.44. The van der Waals surface area contributed by atoms with E-state index in [2.05, 4.69) is 5.32 Å². The van der Waals surface area contributed by atoms with Gasteiger partial charge in [-0.3, -0.25) is 13.9 Å². The zero-order chi connectivity index (χ0) is 27.7. The smallest absolute Gasteiger partial charge is 0.242 e. The van der Waals surface area contributed by atoms with Crippen molar-refractivity contribution in [2.24, 2.45) is 0 Å². The van der Waals surface area contributed by atoms with E-state index in [1.54, 1.807) is 43.3 Å². The molecule has 0 radical (unpaired) electrons. The molecule has 2 amide bonds. The molecule has 3 rings (SSSR count). The Morgan fingerprint density at radius 2 is 1.71 bits per heavy atom. The molecule has 0 aliphatic heterocycles. The summed E-state index contributed by atoms with van der Waals surface area (Å²) >= 11 is 0. The van der Waals surface area contributed by atoms with Gasteiger partial charge in [-0.2, -0.15) is 0 Å². The van der Waals surface area contributed by atoms with Gasteiger partial charge in [-0.1, -0.05) is 25.0 Å². The quantitative estimate of drug-likeness (QED) is 0.405. The molecule has 0 bridgehead atoms. The molecule has 208 valence electrons. The molecule has 0 saturated heterocycles. The Kier molecular flexibility index (Phi) is 10.5. The number of carbonyl (C=O) groups excluding carboxylic acids is 2. The van der Waals surface area contributed by atoms with Crippen molar-refractivity contribution in [1.82, 2.24) is 10.2 Å². The summed E-state index contributed by atoms with van der Waals surface area (Å²) in [5.74, 6) is -0.238. The van der Waals surface area contributed by atoms with E-state index in [4.69, 9.17) is 4.74 Å². The van der Waals surface area contributed by atoms with Gasteiger partial charge in [0, 0.05) is 25.6 Å². The van der Waals surface area contributed by atoms with Gasteiger partial charge in [0.1, 0.15) is 17.6 Å². The molecule has 1 aliphatic rings. The maximum Gasteiger partial charge on any atom is 0.242 e. The molecule has 1 atom stereocenters. The van der Waals surface area contributed by atoms with Crippen molar-refractivity contribution in [3.63, 3.8) is 0 Å². The summed E-state index contributed by atoms with van der Waals surface area (Å²) in [5.41, 5.74) is 1.18. The lowest BCUT2D eigenvalue weighted by Gasteiger charge is -2.30. The first-order valence-corrected chi connectivity index (χ1v) is 15.0. The molecule has 8 nitrogen and oxygen atoms in total. The summed E-state index contributed by atoms with van der Waals surface area (Å²) in [7, 11) is -3.59. The van der Waals surface area contributed by atoms with Crippen molar-refractivity contribution < 1.29 is 27.1 Å². The van der Waals surface area contributed by atoms with Crippen LogP contribution in [0.1, 0.15) is 57.9 Å². The Hall–Kier alpha value is -3.14. The number of nitrogens with zero attached hydrogens (tertiary/aromatic N) is 2. The lowest BCUT2D eigenvalue weighted by Crippen LogP contribution is -2.49. The molecule has 38 heavy (non-hydrogen) atoms. The number of amides is 2. The average molecular weight is 548 g/mol. The van der Waals surface area contributed by atoms with Crippen LogP contribution in [0.2, 0.25) is 0 Å². The summed E-state index contributed by atoms with van der Waals surface area (Å²) in [5, 5.41) is 3.05. The topological polar surface area (TPSA) is 96.0 Å². The first-order chi connectivity index (χ1) is 18.1. The monoisotopic (exact) mass is 547 g/mol. The maximum absolute atomic E-state index is 13.4. The number of ether oxygens (including phenoxy) is 1. The van der Waals surface area contributed by atoms with Crippen LogP contribution < -0.4 is 14.4 Å². The van der Waals surface area contributed by atoms with Crippen LogP contribution in [-0.2, 0) is 26.2 Å². The lowest BCUT2D eigenvalue weighted by molar-refractivity contribution is -0.141. The second-order valence-electron chi connectivity index (χ2n) is 9.68. The molecule has 0 spiro atoms. The molecule has 1 aliphatic carbocycles. The van der Waals surface area contributed by atoms with Gasteiger partial charge in [-0.15, -0.1) is 0 Å². The van der Waals surface area contributed by atoms with E-state index in [-0.39, 0.29) is 49.6 Å². The number of hydrogen-bond donors (Lipinski definition) is 1. The Morgan fingerprint density at radius 3 is 2.29 bits per heavy atom. The highest BCUT2D eigenvalue weighted by Crippen LogP contribution is 2.23. The molecule has 1 fully saturated rings. The van der Waals surface area contributed by atoms with E-state index in [0.717, 1.165) is 31.9 Å². The summed E-state index contributed by atoms with van der Waals surface area (Å²) in [6.45, 7) is 4.31. The van der Waals surface area contributed by atoms with Crippen LogP contribution in [0.25, 0.3) is 0 Å².